The van der Waals surface area contributed by atoms with E-state index in [1.807, 2.05) is 17.8 Å². The molecule has 2 fully saturated rings. The monoisotopic (exact) mass is 375 g/mol. The molecule has 1 atom stereocenters. The number of hydrogen-bond acceptors (Lipinski definition) is 4. The van der Waals surface area contributed by atoms with Gasteiger partial charge < -0.3 is 14.4 Å². The number of rotatable bonds is 4. The molecule has 2 amide bonds. The molecule has 8 nitrogen and oxygen atoms in total. The Morgan fingerprint density at radius 3 is 2.62 bits per heavy atom. The highest BCUT2D eigenvalue weighted by atomic mass is 32.2. The summed E-state index contributed by atoms with van der Waals surface area (Å²) in [5.74, 6) is 0.812. The Labute approximate surface area is 152 Å². The third-order valence-electron chi connectivity index (χ3n) is 5.03. The fourth-order valence-corrected chi connectivity index (χ4v) is 5.05. The zero-order chi connectivity index (χ0) is 18.3. The zero-order valence-corrected chi connectivity index (χ0v) is 15.3. The molecule has 26 heavy (non-hydrogen) atoms. The van der Waals surface area contributed by atoms with Crippen LogP contribution in [0, 0.1) is 0 Å². The van der Waals surface area contributed by atoms with Gasteiger partial charge in [-0.05, 0) is 12.1 Å². The molecule has 0 unspecified atom stereocenters. The van der Waals surface area contributed by atoms with Crippen LogP contribution in [0.1, 0.15) is 5.82 Å². The summed E-state index contributed by atoms with van der Waals surface area (Å²) in [7, 11) is -1.64. The molecule has 3 heterocycles. The maximum absolute atomic E-state index is 12.8. The Balaban J connectivity index is 1.49. The molecule has 0 saturated carbocycles. The quantitative estimate of drug-likeness (QED) is 0.789. The third kappa shape index (κ3) is 2.86. The summed E-state index contributed by atoms with van der Waals surface area (Å²) in [5.41, 5.74) is 0. The van der Waals surface area contributed by atoms with Crippen molar-refractivity contribution in [1.82, 2.24) is 23.7 Å². The van der Waals surface area contributed by atoms with E-state index in [0.29, 0.717) is 37.6 Å². The van der Waals surface area contributed by atoms with Crippen LogP contribution in [0.5, 0.6) is 0 Å². The van der Waals surface area contributed by atoms with Crippen molar-refractivity contribution in [1.29, 1.82) is 0 Å². The van der Waals surface area contributed by atoms with Crippen molar-refractivity contribution in [3.05, 3.63) is 48.5 Å². The topological polar surface area (TPSA) is 78.8 Å². The lowest BCUT2D eigenvalue weighted by molar-refractivity contribution is 0.159. The average Bonchev–Trinajstić information content (AvgIpc) is 3.19. The van der Waals surface area contributed by atoms with Crippen LogP contribution in [-0.4, -0.2) is 70.3 Å². The fourth-order valence-electron chi connectivity index (χ4n) is 3.56. The van der Waals surface area contributed by atoms with Crippen LogP contribution >= 0.6 is 0 Å². The summed E-state index contributed by atoms with van der Waals surface area (Å²) in [6, 6.07) is 8.27. The minimum Gasteiger partial charge on any atom is -0.337 e. The van der Waals surface area contributed by atoms with Gasteiger partial charge in [0.2, 0.25) is 10.0 Å². The molecule has 0 radical (unpaired) electrons. The van der Waals surface area contributed by atoms with E-state index < -0.39 is 10.0 Å². The standard InChI is InChI=1S/C17H21N5O3S/c1-19-8-7-18-16(19)13-20-11-14-12-21(9-10-22(14)17(20)23)26(24,25)15-5-3-2-4-6-15/h2-8,14H,9-13H2,1H3/t14-/m0/s1. The predicted molar refractivity (Wildman–Crippen MR) is 94.7 cm³/mol. The van der Waals surface area contributed by atoms with Gasteiger partial charge in [-0.2, -0.15) is 4.31 Å². The van der Waals surface area contributed by atoms with E-state index in [9.17, 15) is 13.2 Å². The number of aryl methyl sites for hydroxylation is 1. The van der Waals surface area contributed by atoms with Gasteiger partial charge in [-0.1, -0.05) is 18.2 Å². The number of fused-ring (bicyclic) bond motifs is 1. The molecule has 2 saturated heterocycles. The van der Waals surface area contributed by atoms with E-state index in [-0.39, 0.29) is 12.1 Å². The van der Waals surface area contributed by atoms with E-state index in [1.54, 1.807) is 46.3 Å². The Morgan fingerprint density at radius 2 is 1.92 bits per heavy atom. The Hall–Kier alpha value is -2.39. The van der Waals surface area contributed by atoms with E-state index in [4.69, 9.17) is 0 Å². The Bertz CT molecular complexity index is 911. The number of aromatic nitrogens is 2. The number of benzene rings is 1. The molecule has 2 aliphatic heterocycles. The number of urea groups is 1. The number of hydrogen-bond donors (Lipinski definition) is 0. The summed E-state index contributed by atoms with van der Waals surface area (Å²) < 4.78 is 29.0. The number of amides is 2. The number of carbonyl (C=O) groups excluding carboxylic acids is 1. The van der Waals surface area contributed by atoms with Crippen molar-refractivity contribution in [2.24, 2.45) is 7.05 Å². The molecule has 138 valence electrons. The fraction of sp³-hybridized carbons (Fsp3) is 0.412. The summed E-state index contributed by atoms with van der Waals surface area (Å²) in [6.07, 6.45) is 3.55. The second-order valence-electron chi connectivity index (χ2n) is 6.64. The SMILES string of the molecule is Cn1ccnc1CN1C[C@H]2CN(S(=O)(=O)c3ccccc3)CCN2C1=O. The van der Waals surface area contributed by atoms with Gasteiger partial charge in [0.05, 0.1) is 17.5 Å². The molecule has 0 spiro atoms. The minimum atomic E-state index is -3.53. The van der Waals surface area contributed by atoms with E-state index in [0.717, 1.165) is 5.82 Å². The first-order valence-electron chi connectivity index (χ1n) is 8.54. The zero-order valence-electron chi connectivity index (χ0n) is 14.5. The average molecular weight is 375 g/mol. The first-order valence-corrected chi connectivity index (χ1v) is 9.98. The largest absolute Gasteiger partial charge is 0.337 e. The lowest BCUT2D eigenvalue weighted by Gasteiger charge is -2.35. The molecule has 0 N–H and O–H groups in total. The molecule has 0 aliphatic carbocycles. The van der Waals surface area contributed by atoms with Crippen LogP contribution in [0.4, 0.5) is 4.79 Å². The molecule has 9 heteroatoms. The molecule has 4 rings (SSSR count). The molecule has 2 aliphatic rings. The normalized spacial score (nSPS) is 21.3. The highest BCUT2D eigenvalue weighted by Crippen LogP contribution is 2.25. The first kappa shape index (κ1) is 17.0. The van der Waals surface area contributed by atoms with Crippen molar-refractivity contribution < 1.29 is 13.2 Å². The molecule has 0 bridgehead atoms. The molecular formula is C17H21N5O3S. The highest BCUT2D eigenvalue weighted by Gasteiger charge is 2.43. The molecule has 1 aromatic heterocycles. The third-order valence-corrected chi connectivity index (χ3v) is 6.91. The summed E-state index contributed by atoms with van der Waals surface area (Å²) >= 11 is 0. The van der Waals surface area contributed by atoms with Crippen LogP contribution in [0.2, 0.25) is 0 Å². The van der Waals surface area contributed by atoms with Gasteiger partial charge in [-0.25, -0.2) is 18.2 Å². The maximum Gasteiger partial charge on any atom is 0.320 e. The molecule has 1 aromatic carbocycles. The van der Waals surface area contributed by atoms with Crippen LogP contribution in [0.3, 0.4) is 0 Å². The van der Waals surface area contributed by atoms with Crippen LogP contribution < -0.4 is 0 Å². The smallest absolute Gasteiger partial charge is 0.320 e. The van der Waals surface area contributed by atoms with Crippen LogP contribution in [0.25, 0.3) is 0 Å². The van der Waals surface area contributed by atoms with Crippen molar-refractivity contribution >= 4 is 16.1 Å². The number of nitrogens with zero attached hydrogens (tertiary/aromatic N) is 5. The second kappa shape index (κ2) is 6.40. The first-order chi connectivity index (χ1) is 12.5. The van der Waals surface area contributed by atoms with Gasteiger partial charge in [0.15, 0.2) is 0 Å². The van der Waals surface area contributed by atoms with Crippen LogP contribution in [-0.2, 0) is 23.6 Å². The van der Waals surface area contributed by atoms with Gasteiger partial charge in [0, 0.05) is 45.6 Å². The Kier molecular flexibility index (Phi) is 4.20. The van der Waals surface area contributed by atoms with Crippen molar-refractivity contribution in [2.75, 3.05) is 26.2 Å². The molecule has 2 aromatic rings. The molecular weight excluding hydrogens is 354 g/mol. The summed E-state index contributed by atoms with van der Waals surface area (Å²) in [5, 5.41) is 0. The number of carbonyl (C=O) groups is 1. The van der Waals surface area contributed by atoms with Crippen molar-refractivity contribution in [3.63, 3.8) is 0 Å². The van der Waals surface area contributed by atoms with Gasteiger partial charge in [-0.15, -0.1) is 0 Å². The summed E-state index contributed by atoms with van der Waals surface area (Å²) in [6.45, 7) is 1.98. The van der Waals surface area contributed by atoms with Gasteiger partial charge in [-0.3, -0.25) is 0 Å². The number of piperazine rings is 1. The maximum atomic E-state index is 12.8. The minimum absolute atomic E-state index is 0.0465. The van der Waals surface area contributed by atoms with E-state index in [1.165, 1.54) is 4.31 Å². The lowest BCUT2D eigenvalue weighted by Crippen LogP contribution is -2.53. The van der Waals surface area contributed by atoms with Gasteiger partial charge in [0.25, 0.3) is 0 Å². The predicted octanol–water partition coefficient (Wildman–Crippen LogP) is 0.731. The number of sulfonamides is 1. The lowest BCUT2D eigenvalue weighted by atomic mass is 10.2. The van der Waals surface area contributed by atoms with Crippen molar-refractivity contribution in [2.45, 2.75) is 17.5 Å². The van der Waals surface area contributed by atoms with E-state index >= 15 is 0 Å². The second-order valence-corrected chi connectivity index (χ2v) is 8.58. The Morgan fingerprint density at radius 1 is 1.15 bits per heavy atom. The van der Waals surface area contributed by atoms with E-state index in [2.05, 4.69) is 4.98 Å². The van der Waals surface area contributed by atoms with Gasteiger partial charge >= 0.3 is 6.03 Å². The van der Waals surface area contributed by atoms with Crippen molar-refractivity contribution in [3.8, 4) is 0 Å². The van der Waals surface area contributed by atoms with Gasteiger partial charge in [0.1, 0.15) is 5.82 Å². The highest BCUT2D eigenvalue weighted by molar-refractivity contribution is 7.89. The van der Waals surface area contributed by atoms with Crippen LogP contribution in [0.15, 0.2) is 47.6 Å². The number of imidazole rings is 1. The summed E-state index contributed by atoms with van der Waals surface area (Å²) in [4.78, 5) is 20.7.